The number of benzene rings is 1. The number of piperidine rings is 1. The molecule has 1 aliphatic heterocycles. The zero-order valence-electron chi connectivity index (χ0n) is 15.1. The summed E-state index contributed by atoms with van der Waals surface area (Å²) in [7, 11) is 0. The highest BCUT2D eigenvalue weighted by Gasteiger charge is 2.29. The molecular weight excluding hydrogens is 359 g/mol. The molecule has 3 heterocycles. The number of halogens is 1. The molecule has 4 rings (SSSR count). The van der Waals surface area contributed by atoms with E-state index in [1.165, 1.54) is 12.1 Å². The Labute approximate surface area is 161 Å². The summed E-state index contributed by atoms with van der Waals surface area (Å²) >= 11 is 0. The summed E-state index contributed by atoms with van der Waals surface area (Å²) in [5.74, 6) is -1.28. The molecule has 0 saturated carbocycles. The first-order valence-corrected chi connectivity index (χ1v) is 9.13. The minimum atomic E-state index is -0.609. The molecule has 1 atom stereocenters. The van der Waals surface area contributed by atoms with Crippen molar-refractivity contribution >= 4 is 22.7 Å². The Kier molecular flexibility index (Phi) is 4.73. The highest BCUT2D eigenvalue weighted by Crippen LogP contribution is 2.30. The Balaban J connectivity index is 1.68. The highest BCUT2D eigenvalue weighted by atomic mass is 19.1. The number of primary amides is 1. The van der Waals surface area contributed by atoms with Gasteiger partial charge in [0.15, 0.2) is 0 Å². The van der Waals surface area contributed by atoms with E-state index in [1.807, 2.05) is 0 Å². The number of nitrogens with zero attached hydrogens (tertiary/aromatic N) is 3. The number of amides is 2. The number of rotatable bonds is 3. The third-order valence-electron chi connectivity index (χ3n) is 5.05. The normalized spacial score (nSPS) is 16.9. The van der Waals surface area contributed by atoms with E-state index in [2.05, 4.69) is 9.97 Å². The van der Waals surface area contributed by atoms with Crippen molar-refractivity contribution in [3.05, 3.63) is 71.4 Å². The van der Waals surface area contributed by atoms with Crippen molar-refractivity contribution in [1.29, 1.82) is 0 Å². The van der Waals surface area contributed by atoms with Crippen LogP contribution in [-0.4, -0.2) is 39.8 Å². The van der Waals surface area contributed by atoms with E-state index in [-0.39, 0.29) is 17.4 Å². The molecule has 3 aromatic rings. The Morgan fingerprint density at radius 1 is 1.18 bits per heavy atom. The quantitative estimate of drug-likeness (QED) is 0.759. The molecule has 0 radical (unpaired) electrons. The summed E-state index contributed by atoms with van der Waals surface area (Å²) in [5, 5.41) is 0.523. The van der Waals surface area contributed by atoms with Gasteiger partial charge in [-0.2, -0.15) is 0 Å². The summed E-state index contributed by atoms with van der Waals surface area (Å²) in [6, 6.07) is 11.1. The number of nitrogens with two attached hydrogens (primary N) is 1. The lowest BCUT2D eigenvalue weighted by molar-refractivity contribution is 0.0700. The van der Waals surface area contributed by atoms with E-state index in [0.29, 0.717) is 35.4 Å². The van der Waals surface area contributed by atoms with Crippen LogP contribution in [0, 0.1) is 5.82 Å². The largest absolute Gasteiger partial charge is 0.366 e. The molecule has 2 aromatic heterocycles. The molecule has 2 N–H and O–H groups in total. The van der Waals surface area contributed by atoms with Gasteiger partial charge in [-0.25, -0.2) is 4.39 Å². The number of hydrogen-bond donors (Lipinski definition) is 1. The lowest BCUT2D eigenvalue weighted by atomic mass is 9.90. The number of carbonyl (C=O) groups excluding carboxylic acids is 2. The molecule has 1 aromatic carbocycles. The smallest absolute Gasteiger partial charge is 0.272 e. The SMILES string of the molecule is NC(=O)c1cc2cc(F)ccc2nc1[C@H]1CCCN(C(=O)c2ccccn2)C1. The van der Waals surface area contributed by atoms with Gasteiger partial charge in [-0.1, -0.05) is 6.07 Å². The van der Waals surface area contributed by atoms with Gasteiger partial charge in [0.25, 0.3) is 11.8 Å². The highest BCUT2D eigenvalue weighted by molar-refractivity contribution is 5.98. The third kappa shape index (κ3) is 3.43. The van der Waals surface area contributed by atoms with Crippen LogP contribution < -0.4 is 5.73 Å². The predicted octanol–water partition coefficient (Wildman–Crippen LogP) is 2.89. The lowest BCUT2D eigenvalue weighted by Gasteiger charge is -2.33. The maximum absolute atomic E-state index is 13.5. The molecule has 0 aliphatic carbocycles. The number of pyridine rings is 2. The van der Waals surface area contributed by atoms with Gasteiger partial charge in [0, 0.05) is 30.6 Å². The Hall–Kier alpha value is -3.35. The summed E-state index contributed by atoms with van der Waals surface area (Å²) in [4.78, 5) is 35.3. The van der Waals surface area contributed by atoms with Crippen molar-refractivity contribution in [2.45, 2.75) is 18.8 Å². The molecule has 6 nitrogen and oxygen atoms in total. The second-order valence-corrected chi connectivity index (χ2v) is 6.93. The Morgan fingerprint density at radius 2 is 2.04 bits per heavy atom. The van der Waals surface area contributed by atoms with Crippen LogP contribution >= 0.6 is 0 Å². The topological polar surface area (TPSA) is 89.2 Å². The zero-order valence-corrected chi connectivity index (χ0v) is 15.1. The van der Waals surface area contributed by atoms with Gasteiger partial charge < -0.3 is 10.6 Å². The molecule has 142 valence electrons. The van der Waals surface area contributed by atoms with Crippen molar-refractivity contribution in [2.75, 3.05) is 13.1 Å². The fourth-order valence-electron chi connectivity index (χ4n) is 3.71. The molecule has 2 amide bonds. The first-order valence-electron chi connectivity index (χ1n) is 9.13. The van der Waals surface area contributed by atoms with Crippen LogP contribution in [0.25, 0.3) is 10.9 Å². The second-order valence-electron chi connectivity index (χ2n) is 6.93. The molecule has 28 heavy (non-hydrogen) atoms. The minimum absolute atomic E-state index is 0.127. The second kappa shape index (κ2) is 7.34. The number of hydrogen-bond acceptors (Lipinski definition) is 4. The summed E-state index contributed by atoms with van der Waals surface area (Å²) < 4.78 is 13.5. The van der Waals surface area contributed by atoms with Crippen LogP contribution in [-0.2, 0) is 0 Å². The molecule has 1 saturated heterocycles. The van der Waals surface area contributed by atoms with Crippen LogP contribution in [0.3, 0.4) is 0 Å². The summed E-state index contributed by atoms with van der Waals surface area (Å²) in [6.45, 7) is 1.05. The fraction of sp³-hybridized carbons (Fsp3) is 0.238. The van der Waals surface area contributed by atoms with Crippen molar-refractivity contribution in [3.8, 4) is 0 Å². The van der Waals surface area contributed by atoms with Gasteiger partial charge in [0.2, 0.25) is 0 Å². The van der Waals surface area contributed by atoms with E-state index in [4.69, 9.17) is 5.73 Å². The first kappa shape index (κ1) is 18.0. The maximum Gasteiger partial charge on any atom is 0.272 e. The van der Waals surface area contributed by atoms with Crippen LogP contribution in [0.2, 0.25) is 0 Å². The number of carbonyl (C=O) groups is 2. The van der Waals surface area contributed by atoms with Gasteiger partial charge in [0.05, 0.1) is 16.8 Å². The maximum atomic E-state index is 13.5. The van der Waals surface area contributed by atoms with Gasteiger partial charge in [0.1, 0.15) is 11.5 Å². The lowest BCUT2D eigenvalue weighted by Crippen LogP contribution is -2.40. The average molecular weight is 378 g/mol. The zero-order chi connectivity index (χ0) is 19.7. The Bertz CT molecular complexity index is 1050. The van der Waals surface area contributed by atoms with Crippen molar-refractivity contribution in [3.63, 3.8) is 0 Å². The van der Waals surface area contributed by atoms with Gasteiger partial charge in [-0.05, 0) is 49.2 Å². The molecule has 7 heteroatoms. The molecule has 0 spiro atoms. The van der Waals surface area contributed by atoms with E-state index >= 15 is 0 Å². The Morgan fingerprint density at radius 3 is 2.79 bits per heavy atom. The standard InChI is InChI=1S/C21H19FN4O2/c22-15-6-7-17-14(10-15)11-16(20(23)27)19(25-17)13-4-3-9-26(12-13)21(28)18-5-1-2-8-24-18/h1-2,5-8,10-11,13H,3-4,9,12H2,(H2,23,27)/t13-/m0/s1. The molecule has 1 fully saturated rings. The molecular formula is C21H19FN4O2. The monoisotopic (exact) mass is 378 g/mol. The van der Waals surface area contributed by atoms with Crippen molar-refractivity contribution in [1.82, 2.24) is 14.9 Å². The van der Waals surface area contributed by atoms with E-state index in [9.17, 15) is 14.0 Å². The van der Waals surface area contributed by atoms with Gasteiger partial charge in [-0.15, -0.1) is 0 Å². The molecule has 0 bridgehead atoms. The van der Waals surface area contributed by atoms with Gasteiger partial charge in [-0.3, -0.25) is 19.6 Å². The van der Waals surface area contributed by atoms with Crippen LogP contribution in [0.5, 0.6) is 0 Å². The fourth-order valence-corrected chi connectivity index (χ4v) is 3.71. The van der Waals surface area contributed by atoms with E-state index in [1.54, 1.807) is 41.4 Å². The predicted molar refractivity (Wildman–Crippen MR) is 102 cm³/mol. The summed E-state index contributed by atoms with van der Waals surface area (Å²) in [6.07, 6.45) is 3.15. The van der Waals surface area contributed by atoms with Gasteiger partial charge >= 0.3 is 0 Å². The number of fused-ring (bicyclic) bond motifs is 1. The summed E-state index contributed by atoms with van der Waals surface area (Å²) in [5.41, 5.74) is 7.39. The van der Waals surface area contributed by atoms with E-state index in [0.717, 1.165) is 12.8 Å². The van der Waals surface area contributed by atoms with Crippen molar-refractivity contribution in [2.24, 2.45) is 5.73 Å². The van der Waals surface area contributed by atoms with Crippen molar-refractivity contribution < 1.29 is 14.0 Å². The average Bonchev–Trinajstić information content (AvgIpc) is 2.73. The third-order valence-corrected chi connectivity index (χ3v) is 5.05. The minimum Gasteiger partial charge on any atom is -0.366 e. The first-order chi connectivity index (χ1) is 13.5. The molecule has 1 aliphatic rings. The van der Waals surface area contributed by atoms with E-state index < -0.39 is 11.7 Å². The van der Waals surface area contributed by atoms with Crippen LogP contribution in [0.15, 0.2) is 48.7 Å². The van der Waals surface area contributed by atoms with Crippen LogP contribution in [0.4, 0.5) is 4.39 Å². The number of aromatic nitrogens is 2. The number of likely N-dealkylation sites (tertiary alicyclic amines) is 1. The molecule has 0 unspecified atom stereocenters. The van der Waals surface area contributed by atoms with Crippen LogP contribution in [0.1, 0.15) is 45.3 Å².